The van der Waals surface area contributed by atoms with Crippen molar-refractivity contribution >= 4 is 12.1 Å². The lowest BCUT2D eigenvalue weighted by atomic mass is 10.1. The summed E-state index contributed by atoms with van der Waals surface area (Å²) in [5.74, 6) is 0.890. The number of aliphatic imine (C=N–C) groups is 1. The Bertz CT molecular complexity index is 455. The van der Waals surface area contributed by atoms with E-state index in [4.69, 9.17) is 9.73 Å². The molecule has 0 bridgehead atoms. The summed E-state index contributed by atoms with van der Waals surface area (Å²) in [6, 6.07) is 1.71. The quantitative estimate of drug-likeness (QED) is 0.507. The molecule has 7 heteroatoms. The number of hydrogen-bond donors (Lipinski definition) is 2. The average Bonchev–Trinajstić information content (AvgIpc) is 3.44. The second-order valence-corrected chi connectivity index (χ2v) is 7.43. The Hall–Kier alpha value is -1.50. The van der Waals surface area contributed by atoms with Gasteiger partial charge in [-0.2, -0.15) is 0 Å². The number of carbonyl (C=O) groups excluding carboxylic acids is 1. The van der Waals surface area contributed by atoms with E-state index in [1.165, 1.54) is 12.8 Å². The van der Waals surface area contributed by atoms with E-state index in [-0.39, 0.29) is 6.09 Å². The third-order valence-electron chi connectivity index (χ3n) is 5.01. The highest BCUT2D eigenvalue weighted by Crippen LogP contribution is 2.28. The van der Waals surface area contributed by atoms with Gasteiger partial charge >= 0.3 is 6.09 Å². The van der Waals surface area contributed by atoms with Gasteiger partial charge in [0, 0.05) is 44.3 Å². The highest BCUT2D eigenvalue weighted by Gasteiger charge is 2.30. The lowest BCUT2D eigenvalue weighted by Crippen LogP contribution is -2.50. The second kappa shape index (κ2) is 10.6. The van der Waals surface area contributed by atoms with Gasteiger partial charge in [-0.25, -0.2) is 4.79 Å². The van der Waals surface area contributed by atoms with Gasteiger partial charge in [0.25, 0.3) is 0 Å². The molecule has 0 unspecified atom stereocenters. The van der Waals surface area contributed by atoms with Crippen LogP contribution in [0.5, 0.6) is 0 Å². The van der Waals surface area contributed by atoms with E-state index < -0.39 is 0 Å². The molecule has 1 saturated heterocycles. The van der Waals surface area contributed by atoms with Gasteiger partial charge in [0.05, 0.1) is 13.2 Å². The summed E-state index contributed by atoms with van der Waals surface area (Å²) in [4.78, 5) is 20.9. The minimum absolute atomic E-state index is 0.194. The van der Waals surface area contributed by atoms with Crippen molar-refractivity contribution in [1.82, 2.24) is 20.4 Å². The van der Waals surface area contributed by atoms with Gasteiger partial charge in [0.15, 0.2) is 5.96 Å². The standard InChI is InChI=1S/C19H37N5O2/c1-5-20-18(21-11-14-24(15(3)4)17-7-8-17)22-16-9-12-23(13-10-16)19(25)26-6-2/h15-17H,5-14H2,1-4H3,(H2,20,21,22). The number of ether oxygens (including phenoxy) is 1. The third kappa shape index (κ3) is 6.67. The fourth-order valence-electron chi connectivity index (χ4n) is 3.48. The highest BCUT2D eigenvalue weighted by molar-refractivity contribution is 5.80. The molecule has 1 aliphatic carbocycles. The van der Waals surface area contributed by atoms with Crippen LogP contribution in [0.1, 0.15) is 53.4 Å². The Kier molecular flexibility index (Phi) is 8.48. The number of rotatable bonds is 8. The van der Waals surface area contributed by atoms with Gasteiger partial charge in [-0.05, 0) is 53.4 Å². The summed E-state index contributed by atoms with van der Waals surface area (Å²) in [6.45, 7) is 13.0. The lowest BCUT2D eigenvalue weighted by Gasteiger charge is -2.32. The highest BCUT2D eigenvalue weighted by atomic mass is 16.6. The number of likely N-dealkylation sites (tertiary alicyclic amines) is 1. The van der Waals surface area contributed by atoms with Gasteiger partial charge in [-0.15, -0.1) is 0 Å². The fraction of sp³-hybridized carbons (Fsp3) is 0.895. The van der Waals surface area contributed by atoms with E-state index in [9.17, 15) is 4.79 Å². The average molecular weight is 368 g/mol. The van der Waals surface area contributed by atoms with Crippen LogP contribution in [0, 0.1) is 0 Å². The predicted molar refractivity (Wildman–Crippen MR) is 106 cm³/mol. The number of carbonyl (C=O) groups is 1. The van der Waals surface area contributed by atoms with Crippen molar-refractivity contribution in [2.75, 3.05) is 39.3 Å². The molecule has 2 fully saturated rings. The Labute approximate surface area is 158 Å². The van der Waals surface area contributed by atoms with Crippen LogP contribution in [0.25, 0.3) is 0 Å². The number of amides is 1. The number of piperidine rings is 1. The summed E-state index contributed by atoms with van der Waals surface area (Å²) in [5, 5.41) is 6.88. The van der Waals surface area contributed by atoms with Crippen LogP contribution in [0.3, 0.4) is 0 Å². The first kappa shape index (κ1) is 20.8. The molecule has 2 N–H and O–H groups in total. The largest absolute Gasteiger partial charge is 0.450 e. The molecule has 1 amide bonds. The van der Waals surface area contributed by atoms with E-state index in [0.717, 1.165) is 57.6 Å². The molecular weight excluding hydrogens is 330 g/mol. The normalized spacial score (nSPS) is 19.2. The molecular formula is C19H37N5O2. The minimum Gasteiger partial charge on any atom is -0.450 e. The van der Waals surface area contributed by atoms with Gasteiger partial charge in [0.2, 0.25) is 0 Å². The summed E-state index contributed by atoms with van der Waals surface area (Å²) >= 11 is 0. The van der Waals surface area contributed by atoms with Crippen molar-refractivity contribution < 1.29 is 9.53 Å². The molecule has 2 rings (SSSR count). The van der Waals surface area contributed by atoms with Gasteiger partial charge in [-0.1, -0.05) is 0 Å². The first-order valence-electron chi connectivity index (χ1n) is 10.3. The van der Waals surface area contributed by atoms with Gasteiger partial charge in [-0.3, -0.25) is 9.89 Å². The molecule has 150 valence electrons. The van der Waals surface area contributed by atoms with Crippen molar-refractivity contribution in [1.29, 1.82) is 0 Å². The Balaban J connectivity index is 1.77. The van der Waals surface area contributed by atoms with Crippen molar-refractivity contribution in [3.63, 3.8) is 0 Å². The number of nitrogens with zero attached hydrogens (tertiary/aromatic N) is 3. The van der Waals surface area contributed by atoms with E-state index in [1.54, 1.807) is 4.90 Å². The Morgan fingerprint density at radius 1 is 1.23 bits per heavy atom. The summed E-state index contributed by atoms with van der Waals surface area (Å²) in [6.07, 6.45) is 4.31. The molecule has 26 heavy (non-hydrogen) atoms. The summed E-state index contributed by atoms with van der Waals surface area (Å²) in [5.41, 5.74) is 0. The topological polar surface area (TPSA) is 69.2 Å². The SMILES string of the molecule is CCNC(=NCCN(C(C)C)C1CC1)NC1CCN(C(=O)OCC)CC1. The van der Waals surface area contributed by atoms with Crippen molar-refractivity contribution in [3.05, 3.63) is 0 Å². The number of nitrogens with one attached hydrogen (secondary N) is 2. The van der Waals surface area contributed by atoms with Gasteiger partial charge in [0.1, 0.15) is 0 Å². The predicted octanol–water partition coefficient (Wildman–Crippen LogP) is 2.04. The van der Waals surface area contributed by atoms with Crippen LogP contribution in [-0.4, -0.2) is 79.3 Å². The molecule has 0 radical (unpaired) electrons. The lowest BCUT2D eigenvalue weighted by molar-refractivity contribution is 0.0963. The maximum atomic E-state index is 11.8. The molecule has 0 aromatic carbocycles. The molecule has 0 aromatic rings. The van der Waals surface area contributed by atoms with E-state index in [2.05, 4.69) is 36.3 Å². The van der Waals surface area contributed by atoms with Crippen LogP contribution < -0.4 is 10.6 Å². The molecule has 0 atom stereocenters. The molecule has 7 nitrogen and oxygen atoms in total. The molecule has 1 heterocycles. The Morgan fingerprint density at radius 3 is 2.46 bits per heavy atom. The zero-order valence-electron chi connectivity index (χ0n) is 17.0. The molecule has 0 spiro atoms. The van der Waals surface area contributed by atoms with Crippen LogP contribution >= 0.6 is 0 Å². The summed E-state index contributed by atoms with van der Waals surface area (Å²) < 4.78 is 5.08. The van der Waals surface area contributed by atoms with E-state index in [0.29, 0.717) is 18.7 Å². The zero-order chi connectivity index (χ0) is 18.9. The van der Waals surface area contributed by atoms with Crippen LogP contribution in [0.2, 0.25) is 0 Å². The van der Waals surface area contributed by atoms with E-state index >= 15 is 0 Å². The van der Waals surface area contributed by atoms with Crippen LogP contribution in [-0.2, 0) is 4.74 Å². The zero-order valence-corrected chi connectivity index (χ0v) is 17.0. The molecule has 0 aromatic heterocycles. The Morgan fingerprint density at radius 2 is 1.92 bits per heavy atom. The first-order chi connectivity index (χ1) is 12.5. The first-order valence-corrected chi connectivity index (χ1v) is 10.3. The van der Waals surface area contributed by atoms with Gasteiger partial charge < -0.3 is 20.3 Å². The van der Waals surface area contributed by atoms with Crippen molar-refractivity contribution in [3.8, 4) is 0 Å². The number of guanidine groups is 1. The third-order valence-corrected chi connectivity index (χ3v) is 5.01. The molecule has 2 aliphatic rings. The monoisotopic (exact) mass is 367 g/mol. The van der Waals surface area contributed by atoms with Crippen LogP contribution in [0.4, 0.5) is 4.79 Å². The second-order valence-electron chi connectivity index (χ2n) is 7.43. The maximum Gasteiger partial charge on any atom is 0.409 e. The smallest absolute Gasteiger partial charge is 0.409 e. The summed E-state index contributed by atoms with van der Waals surface area (Å²) in [7, 11) is 0. The van der Waals surface area contributed by atoms with Crippen molar-refractivity contribution in [2.45, 2.75) is 71.5 Å². The molecule has 1 saturated carbocycles. The maximum absolute atomic E-state index is 11.8. The minimum atomic E-state index is -0.194. The van der Waals surface area contributed by atoms with Crippen LogP contribution in [0.15, 0.2) is 4.99 Å². The fourth-order valence-corrected chi connectivity index (χ4v) is 3.48. The number of hydrogen-bond acceptors (Lipinski definition) is 4. The van der Waals surface area contributed by atoms with Crippen molar-refractivity contribution in [2.24, 2.45) is 4.99 Å². The van der Waals surface area contributed by atoms with E-state index in [1.807, 2.05) is 6.92 Å². The molecule has 1 aliphatic heterocycles.